The zero-order valence-electron chi connectivity index (χ0n) is 11.6. The van der Waals surface area contributed by atoms with E-state index in [4.69, 9.17) is 9.84 Å². The molecule has 0 aromatic rings. The Morgan fingerprint density at radius 3 is 2.17 bits per heavy atom. The van der Waals surface area contributed by atoms with E-state index in [1.807, 2.05) is 13.8 Å². The molecule has 6 heteroatoms. The Morgan fingerprint density at radius 1 is 1.39 bits per heavy atom. The first kappa shape index (κ1) is 15.4. The van der Waals surface area contributed by atoms with E-state index in [0.717, 1.165) is 0 Å². The molecular weight excluding hydrogens is 256 g/mol. The summed E-state index contributed by atoms with van der Waals surface area (Å²) >= 11 is 0. The number of ether oxygens (including phenoxy) is 1. The van der Waals surface area contributed by atoms with Crippen molar-refractivity contribution in [3.05, 3.63) is 0 Å². The third-order valence-corrected chi connectivity index (χ3v) is 6.29. The van der Waals surface area contributed by atoms with Crippen LogP contribution in [0.1, 0.15) is 47.5 Å². The molecule has 0 bridgehead atoms. The van der Waals surface area contributed by atoms with Gasteiger partial charge in [-0.15, -0.1) is 0 Å². The first-order chi connectivity index (χ1) is 7.94. The van der Waals surface area contributed by atoms with Crippen molar-refractivity contribution in [2.45, 2.75) is 69.2 Å². The Kier molecular flexibility index (Phi) is 3.85. The van der Waals surface area contributed by atoms with Gasteiger partial charge >= 0.3 is 5.97 Å². The van der Waals surface area contributed by atoms with Crippen LogP contribution in [-0.2, 0) is 19.4 Å². The topological polar surface area (TPSA) is 80.7 Å². The number of carboxylic acids is 1. The molecule has 0 aromatic carbocycles. The molecule has 0 radical (unpaired) electrons. The van der Waals surface area contributed by atoms with Crippen LogP contribution in [0.25, 0.3) is 0 Å². The van der Waals surface area contributed by atoms with Crippen molar-refractivity contribution in [2.75, 3.05) is 0 Å². The zero-order chi connectivity index (χ0) is 14.4. The van der Waals surface area contributed by atoms with E-state index in [2.05, 4.69) is 0 Å². The minimum atomic E-state index is -3.75. The molecule has 1 rings (SSSR count). The first-order valence-corrected chi connectivity index (χ1v) is 7.70. The maximum absolute atomic E-state index is 12.4. The summed E-state index contributed by atoms with van der Waals surface area (Å²) in [5, 5.41) is 6.92. The summed E-state index contributed by atoms with van der Waals surface area (Å²) in [5.41, 5.74) is -1.40. The summed E-state index contributed by atoms with van der Waals surface area (Å²) in [6, 6.07) is 0. The molecule has 0 spiro atoms. The van der Waals surface area contributed by atoms with Crippen LogP contribution in [0.3, 0.4) is 0 Å². The highest BCUT2D eigenvalue weighted by Gasteiger charge is 2.54. The summed E-state index contributed by atoms with van der Waals surface area (Å²) < 4.78 is 30.6. The molecule has 0 aliphatic carbocycles. The van der Waals surface area contributed by atoms with Crippen LogP contribution in [0, 0.1) is 0 Å². The van der Waals surface area contributed by atoms with Crippen LogP contribution in [0.2, 0.25) is 0 Å². The normalized spacial score (nSPS) is 27.9. The second-order valence-electron chi connectivity index (χ2n) is 5.98. The molecule has 1 fully saturated rings. The minimum absolute atomic E-state index is 0.0741. The maximum atomic E-state index is 12.4. The van der Waals surface area contributed by atoms with E-state index in [1.165, 1.54) is 0 Å². The van der Waals surface area contributed by atoms with Crippen molar-refractivity contribution >= 4 is 15.8 Å². The van der Waals surface area contributed by atoms with Crippen LogP contribution in [0.4, 0.5) is 0 Å². The van der Waals surface area contributed by atoms with E-state index in [-0.39, 0.29) is 6.42 Å². The van der Waals surface area contributed by atoms with Gasteiger partial charge in [-0.1, -0.05) is 6.92 Å². The van der Waals surface area contributed by atoms with Crippen molar-refractivity contribution in [3.8, 4) is 0 Å². The van der Waals surface area contributed by atoms with Crippen LogP contribution in [0.5, 0.6) is 0 Å². The van der Waals surface area contributed by atoms with E-state index < -0.39 is 37.5 Å². The number of hydrogen-bond donors (Lipinski definition) is 1. The Morgan fingerprint density at radius 2 is 1.89 bits per heavy atom. The van der Waals surface area contributed by atoms with Gasteiger partial charge in [0.1, 0.15) is 0 Å². The van der Waals surface area contributed by atoms with Gasteiger partial charge in [-0.2, -0.15) is 0 Å². The standard InChI is InChI=1S/C12H22O5S/c1-6-8(10(13)14)18(15,16)9-7-11(2,3)17-12(9,4)5/h8-9H,6-7H2,1-5H3,(H,13,14). The van der Waals surface area contributed by atoms with Gasteiger partial charge in [0.25, 0.3) is 0 Å². The molecule has 0 saturated carbocycles. The number of hydrogen-bond acceptors (Lipinski definition) is 4. The molecule has 18 heavy (non-hydrogen) atoms. The van der Waals surface area contributed by atoms with E-state index in [0.29, 0.717) is 6.42 Å². The highest BCUT2D eigenvalue weighted by atomic mass is 32.2. The van der Waals surface area contributed by atoms with Gasteiger partial charge in [-0.25, -0.2) is 8.42 Å². The lowest BCUT2D eigenvalue weighted by molar-refractivity contribution is -0.136. The zero-order valence-corrected chi connectivity index (χ0v) is 12.4. The fraction of sp³-hybridized carbons (Fsp3) is 0.917. The third kappa shape index (κ3) is 2.69. The average Bonchev–Trinajstić information content (AvgIpc) is 2.34. The summed E-state index contributed by atoms with van der Waals surface area (Å²) in [6.45, 7) is 8.64. The van der Waals surface area contributed by atoms with Crippen LogP contribution >= 0.6 is 0 Å². The maximum Gasteiger partial charge on any atom is 0.321 e. The Hall–Kier alpha value is -0.620. The fourth-order valence-electron chi connectivity index (χ4n) is 2.77. The van der Waals surface area contributed by atoms with Gasteiger partial charge in [-0.3, -0.25) is 4.79 Å². The summed E-state index contributed by atoms with van der Waals surface area (Å²) in [5.74, 6) is -1.28. The molecular formula is C12H22O5S. The first-order valence-electron chi connectivity index (χ1n) is 6.10. The Balaban J connectivity index is 3.17. The number of aliphatic carboxylic acids is 1. The molecule has 2 unspecified atom stereocenters. The minimum Gasteiger partial charge on any atom is -0.480 e. The van der Waals surface area contributed by atoms with Gasteiger partial charge in [-0.05, 0) is 40.5 Å². The second kappa shape index (κ2) is 4.49. The third-order valence-electron chi connectivity index (χ3n) is 3.43. The van der Waals surface area contributed by atoms with Gasteiger partial charge in [0.15, 0.2) is 15.1 Å². The van der Waals surface area contributed by atoms with Gasteiger partial charge < -0.3 is 9.84 Å². The van der Waals surface area contributed by atoms with Gasteiger partial charge in [0.05, 0.1) is 16.5 Å². The number of sulfone groups is 1. The van der Waals surface area contributed by atoms with Crippen molar-refractivity contribution < 1.29 is 23.1 Å². The number of carbonyl (C=O) groups is 1. The average molecular weight is 278 g/mol. The molecule has 106 valence electrons. The molecule has 0 amide bonds. The summed E-state index contributed by atoms with van der Waals surface area (Å²) in [4.78, 5) is 11.1. The molecule has 1 N–H and O–H groups in total. The van der Waals surface area contributed by atoms with E-state index in [9.17, 15) is 13.2 Å². The summed E-state index contributed by atoms with van der Waals surface area (Å²) in [6.07, 6.45) is 0.400. The highest BCUT2D eigenvalue weighted by molar-refractivity contribution is 7.93. The van der Waals surface area contributed by atoms with Crippen molar-refractivity contribution in [3.63, 3.8) is 0 Å². The van der Waals surface area contributed by atoms with Crippen molar-refractivity contribution in [1.82, 2.24) is 0 Å². The lowest BCUT2D eigenvalue weighted by Crippen LogP contribution is -2.45. The molecule has 0 aromatic heterocycles. The van der Waals surface area contributed by atoms with Crippen LogP contribution in [0.15, 0.2) is 0 Å². The molecule has 2 atom stereocenters. The lowest BCUT2D eigenvalue weighted by Gasteiger charge is -2.28. The molecule has 1 aliphatic heterocycles. The van der Waals surface area contributed by atoms with Crippen LogP contribution < -0.4 is 0 Å². The SMILES string of the molecule is CCC(C(=O)O)S(=O)(=O)C1CC(C)(C)OC1(C)C. The number of rotatable bonds is 4. The highest BCUT2D eigenvalue weighted by Crippen LogP contribution is 2.42. The molecule has 5 nitrogen and oxygen atoms in total. The van der Waals surface area contributed by atoms with Gasteiger partial charge in [0.2, 0.25) is 0 Å². The predicted octanol–water partition coefficient (Wildman–Crippen LogP) is 1.61. The monoisotopic (exact) mass is 278 g/mol. The van der Waals surface area contributed by atoms with Crippen LogP contribution in [-0.4, -0.2) is 41.2 Å². The lowest BCUT2D eigenvalue weighted by atomic mass is 10.0. The fourth-order valence-corrected chi connectivity index (χ4v) is 5.38. The van der Waals surface area contributed by atoms with Gasteiger partial charge in [0, 0.05) is 0 Å². The summed E-state index contributed by atoms with van der Waals surface area (Å²) in [7, 11) is -3.75. The van der Waals surface area contributed by atoms with E-state index in [1.54, 1.807) is 20.8 Å². The van der Waals surface area contributed by atoms with E-state index >= 15 is 0 Å². The Bertz CT molecular complexity index is 435. The quantitative estimate of drug-likeness (QED) is 0.845. The molecule has 1 heterocycles. The molecule has 1 aliphatic rings. The predicted molar refractivity (Wildman–Crippen MR) is 68.3 cm³/mol. The molecule has 1 saturated heterocycles. The van der Waals surface area contributed by atoms with Crippen molar-refractivity contribution in [2.24, 2.45) is 0 Å². The smallest absolute Gasteiger partial charge is 0.321 e. The number of carboxylic acid groups (broad SMARTS) is 1. The largest absolute Gasteiger partial charge is 0.480 e. The second-order valence-corrected chi connectivity index (χ2v) is 8.30. The Labute approximate surface area is 108 Å². The van der Waals surface area contributed by atoms with Crippen molar-refractivity contribution in [1.29, 1.82) is 0 Å².